The zero-order valence-corrected chi connectivity index (χ0v) is 13.5. The third-order valence-electron chi connectivity index (χ3n) is 2.92. The Kier molecular flexibility index (Phi) is 4.10. The van der Waals surface area contributed by atoms with E-state index in [0.717, 1.165) is 21.1 Å². The lowest BCUT2D eigenvalue weighted by molar-refractivity contribution is -0.115. The van der Waals surface area contributed by atoms with Crippen molar-refractivity contribution in [2.75, 3.05) is 7.11 Å². The molecule has 2 heterocycles. The number of carbonyl (C=O) groups is 1. The second-order valence-electron chi connectivity index (χ2n) is 4.28. The Morgan fingerprint density at radius 1 is 1.19 bits per heavy atom. The molecular weight excluding hydrogens is 322 g/mol. The third kappa shape index (κ3) is 3.18. The maximum atomic E-state index is 11.6. The minimum absolute atomic E-state index is 0.121. The quantitative estimate of drug-likeness (QED) is 0.683. The first-order valence-corrected chi connectivity index (χ1v) is 8.19. The molecule has 2 aromatic rings. The van der Waals surface area contributed by atoms with Gasteiger partial charge in [0, 0.05) is 9.75 Å². The third-order valence-corrected chi connectivity index (χ3v) is 5.16. The summed E-state index contributed by atoms with van der Waals surface area (Å²) in [6, 6.07) is 12.0. The Balaban J connectivity index is 1.84. The molecule has 1 N–H and O–H groups in total. The van der Waals surface area contributed by atoms with Crippen LogP contribution >= 0.6 is 35.3 Å². The summed E-state index contributed by atoms with van der Waals surface area (Å²) in [6.07, 6.45) is 1.87. The molecule has 1 aliphatic heterocycles. The predicted octanol–water partition coefficient (Wildman–Crippen LogP) is 3.91. The number of amides is 1. The van der Waals surface area contributed by atoms with Crippen LogP contribution in [0.4, 0.5) is 0 Å². The van der Waals surface area contributed by atoms with Gasteiger partial charge in [0.15, 0.2) is 0 Å². The molecule has 3 rings (SSSR count). The molecule has 6 heteroatoms. The predicted molar refractivity (Wildman–Crippen MR) is 92.6 cm³/mol. The number of nitrogens with one attached hydrogen (secondary N) is 1. The fraction of sp³-hybridized carbons (Fsp3) is 0.0667. The number of hydrogen-bond acceptors (Lipinski definition) is 5. The molecule has 0 saturated carbocycles. The van der Waals surface area contributed by atoms with Gasteiger partial charge in [-0.2, -0.15) is 0 Å². The Bertz CT molecular complexity index is 732. The first kappa shape index (κ1) is 14.3. The number of thiophene rings is 1. The first-order chi connectivity index (χ1) is 10.2. The van der Waals surface area contributed by atoms with Gasteiger partial charge in [-0.25, -0.2) is 0 Å². The molecule has 106 valence electrons. The molecule has 21 heavy (non-hydrogen) atoms. The van der Waals surface area contributed by atoms with Crippen LogP contribution < -0.4 is 10.1 Å². The van der Waals surface area contributed by atoms with Crippen LogP contribution in [0.25, 0.3) is 16.5 Å². The molecule has 1 aromatic carbocycles. The summed E-state index contributed by atoms with van der Waals surface area (Å²) in [5, 5.41) is 2.62. The van der Waals surface area contributed by atoms with Gasteiger partial charge in [0.05, 0.1) is 12.0 Å². The molecule has 0 radical (unpaired) electrons. The van der Waals surface area contributed by atoms with Crippen LogP contribution in [0.3, 0.4) is 0 Å². The summed E-state index contributed by atoms with van der Waals surface area (Å²) < 4.78 is 5.67. The minimum atomic E-state index is -0.121. The van der Waals surface area contributed by atoms with Gasteiger partial charge in [-0.1, -0.05) is 24.0 Å². The summed E-state index contributed by atoms with van der Waals surface area (Å²) in [4.78, 5) is 14.5. The van der Waals surface area contributed by atoms with Gasteiger partial charge in [-0.15, -0.1) is 11.3 Å². The lowest BCUT2D eigenvalue weighted by Gasteiger charge is -2.00. The molecule has 0 atom stereocenters. The molecule has 1 fully saturated rings. The lowest BCUT2D eigenvalue weighted by Crippen LogP contribution is -2.17. The van der Waals surface area contributed by atoms with Gasteiger partial charge in [0.2, 0.25) is 0 Å². The average Bonchev–Trinajstić information content (AvgIpc) is 3.07. The smallest absolute Gasteiger partial charge is 0.263 e. The van der Waals surface area contributed by atoms with Gasteiger partial charge in [0.1, 0.15) is 10.1 Å². The molecule has 1 saturated heterocycles. The Morgan fingerprint density at radius 3 is 2.57 bits per heavy atom. The van der Waals surface area contributed by atoms with Crippen molar-refractivity contribution in [1.82, 2.24) is 5.32 Å². The molecule has 3 nitrogen and oxygen atoms in total. The average molecular weight is 333 g/mol. The number of benzene rings is 1. The summed E-state index contributed by atoms with van der Waals surface area (Å²) in [6.45, 7) is 0. The van der Waals surface area contributed by atoms with E-state index in [0.29, 0.717) is 9.23 Å². The van der Waals surface area contributed by atoms with E-state index in [1.807, 2.05) is 36.4 Å². The van der Waals surface area contributed by atoms with Crippen molar-refractivity contribution in [3.63, 3.8) is 0 Å². The molecule has 0 spiro atoms. The maximum absolute atomic E-state index is 11.6. The highest BCUT2D eigenvalue weighted by molar-refractivity contribution is 8.26. The van der Waals surface area contributed by atoms with E-state index in [1.54, 1.807) is 18.4 Å². The lowest BCUT2D eigenvalue weighted by atomic mass is 10.2. The number of thioether (sulfide) groups is 1. The van der Waals surface area contributed by atoms with E-state index in [2.05, 4.69) is 11.4 Å². The molecule has 0 unspecified atom stereocenters. The monoisotopic (exact) mass is 333 g/mol. The number of rotatable bonds is 3. The fourth-order valence-corrected chi connectivity index (χ4v) is 3.96. The first-order valence-electron chi connectivity index (χ1n) is 6.15. The molecule has 1 aromatic heterocycles. The number of carbonyl (C=O) groups excluding carboxylic acids is 1. The van der Waals surface area contributed by atoms with E-state index < -0.39 is 0 Å². The van der Waals surface area contributed by atoms with E-state index >= 15 is 0 Å². The van der Waals surface area contributed by atoms with Gasteiger partial charge in [-0.3, -0.25) is 4.79 Å². The van der Waals surface area contributed by atoms with Crippen LogP contribution in [-0.2, 0) is 4.79 Å². The minimum Gasteiger partial charge on any atom is -0.497 e. The summed E-state index contributed by atoms with van der Waals surface area (Å²) in [5.41, 5.74) is 1.13. The summed E-state index contributed by atoms with van der Waals surface area (Å²) >= 11 is 7.91. The number of ether oxygens (including phenoxy) is 1. The maximum Gasteiger partial charge on any atom is 0.263 e. The van der Waals surface area contributed by atoms with E-state index in [9.17, 15) is 4.79 Å². The van der Waals surface area contributed by atoms with Gasteiger partial charge in [-0.05, 0) is 48.0 Å². The van der Waals surface area contributed by atoms with Crippen molar-refractivity contribution in [3.05, 3.63) is 46.2 Å². The highest BCUT2D eigenvalue weighted by atomic mass is 32.2. The Hall–Kier alpha value is -1.63. The Morgan fingerprint density at radius 2 is 1.95 bits per heavy atom. The number of thiocarbonyl (C=S) groups is 1. The van der Waals surface area contributed by atoms with Gasteiger partial charge >= 0.3 is 0 Å². The normalized spacial score (nSPS) is 16.3. The van der Waals surface area contributed by atoms with Crippen molar-refractivity contribution in [3.8, 4) is 16.2 Å². The molecular formula is C15H11NO2S3. The number of methoxy groups -OCH3 is 1. The highest BCUT2D eigenvalue weighted by Gasteiger charge is 2.22. The van der Waals surface area contributed by atoms with Crippen molar-refractivity contribution in [2.45, 2.75) is 0 Å². The second kappa shape index (κ2) is 6.01. The fourth-order valence-electron chi connectivity index (χ4n) is 1.89. The van der Waals surface area contributed by atoms with Crippen molar-refractivity contribution in [1.29, 1.82) is 0 Å². The van der Waals surface area contributed by atoms with Crippen molar-refractivity contribution in [2.24, 2.45) is 0 Å². The van der Waals surface area contributed by atoms with Gasteiger partial charge < -0.3 is 10.1 Å². The molecule has 0 bridgehead atoms. The van der Waals surface area contributed by atoms with Crippen LogP contribution in [0, 0.1) is 0 Å². The SMILES string of the molecule is COc1ccc(-c2ccc(/C=C3/SC(=S)NC3=O)s2)cc1. The van der Waals surface area contributed by atoms with E-state index in [4.69, 9.17) is 17.0 Å². The van der Waals surface area contributed by atoms with E-state index in [1.165, 1.54) is 11.8 Å². The zero-order valence-electron chi connectivity index (χ0n) is 11.1. The van der Waals surface area contributed by atoms with Crippen molar-refractivity contribution < 1.29 is 9.53 Å². The molecule has 1 amide bonds. The van der Waals surface area contributed by atoms with Crippen LogP contribution in [0.1, 0.15) is 4.88 Å². The van der Waals surface area contributed by atoms with Crippen LogP contribution in [0.15, 0.2) is 41.3 Å². The standard InChI is InChI=1S/C15H11NO2S3/c1-18-10-4-2-9(3-5-10)12-7-6-11(20-12)8-13-14(17)16-15(19)21-13/h2-8H,1H3,(H,16,17,19)/b13-8+. The number of hydrogen-bond donors (Lipinski definition) is 1. The second-order valence-corrected chi connectivity index (χ2v) is 7.12. The topological polar surface area (TPSA) is 38.3 Å². The molecule has 0 aliphatic carbocycles. The summed E-state index contributed by atoms with van der Waals surface area (Å²) in [5.74, 6) is 0.717. The van der Waals surface area contributed by atoms with Crippen molar-refractivity contribution >= 4 is 51.6 Å². The van der Waals surface area contributed by atoms with E-state index in [-0.39, 0.29) is 5.91 Å². The highest BCUT2D eigenvalue weighted by Crippen LogP contribution is 2.33. The van der Waals surface area contributed by atoms with Crippen LogP contribution in [-0.4, -0.2) is 17.3 Å². The van der Waals surface area contributed by atoms with Crippen LogP contribution in [0.5, 0.6) is 5.75 Å². The largest absolute Gasteiger partial charge is 0.497 e. The molecule has 1 aliphatic rings. The van der Waals surface area contributed by atoms with Crippen LogP contribution in [0.2, 0.25) is 0 Å². The zero-order chi connectivity index (χ0) is 14.8. The summed E-state index contributed by atoms with van der Waals surface area (Å²) in [7, 11) is 1.65. The van der Waals surface area contributed by atoms with Gasteiger partial charge in [0.25, 0.3) is 5.91 Å². The Labute approximate surface area is 136 Å².